The van der Waals surface area contributed by atoms with E-state index in [1.165, 1.54) is 6.07 Å². The molecule has 1 aromatic rings. The lowest BCUT2D eigenvalue weighted by molar-refractivity contribution is 0.0697. The van der Waals surface area contributed by atoms with Crippen LogP contribution < -0.4 is 10.6 Å². The normalized spacial score (nSPS) is 17.1. The van der Waals surface area contributed by atoms with E-state index in [0.29, 0.717) is 11.7 Å². The number of anilines is 2. The van der Waals surface area contributed by atoms with Crippen molar-refractivity contribution >= 4 is 17.6 Å². The molecular weight excluding hydrogens is 220 g/mol. The Kier molecular flexibility index (Phi) is 3.12. The Balaban J connectivity index is 2.28. The lowest BCUT2D eigenvalue weighted by atomic mass is 9.99. The van der Waals surface area contributed by atoms with Gasteiger partial charge in [0, 0.05) is 19.2 Å². The van der Waals surface area contributed by atoms with Crippen molar-refractivity contribution in [3.8, 4) is 0 Å². The third kappa shape index (κ3) is 2.46. The van der Waals surface area contributed by atoms with Gasteiger partial charge < -0.3 is 15.7 Å². The largest absolute Gasteiger partial charge is 0.478 e. The van der Waals surface area contributed by atoms with E-state index in [1.807, 2.05) is 4.90 Å². The maximum Gasteiger partial charge on any atom is 0.339 e. The number of hydrogen-bond acceptors (Lipinski definition) is 5. The van der Waals surface area contributed by atoms with Crippen LogP contribution in [-0.4, -0.2) is 34.4 Å². The van der Waals surface area contributed by atoms with Crippen LogP contribution >= 0.6 is 0 Å². The molecule has 0 aromatic carbocycles. The van der Waals surface area contributed by atoms with Crippen molar-refractivity contribution < 1.29 is 9.90 Å². The van der Waals surface area contributed by atoms with Gasteiger partial charge in [-0.2, -0.15) is 0 Å². The number of nitrogens with two attached hydrogens (primary N) is 1. The molecule has 0 spiro atoms. The zero-order valence-corrected chi connectivity index (χ0v) is 9.76. The summed E-state index contributed by atoms with van der Waals surface area (Å²) in [5.41, 5.74) is 5.59. The minimum atomic E-state index is -1.01. The van der Waals surface area contributed by atoms with Crippen molar-refractivity contribution in [2.24, 2.45) is 5.92 Å². The first kappa shape index (κ1) is 11.6. The Labute approximate surface area is 99.4 Å². The van der Waals surface area contributed by atoms with Gasteiger partial charge >= 0.3 is 5.97 Å². The maximum absolute atomic E-state index is 11.1. The summed E-state index contributed by atoms with van der Waals surface area (Å²) in [6, 6.07) is 1.36. The van der Waals surface area contributed by atoms with E-state index >= 15 is 0 Å². The van der Waals surface area contributed by atoms with Crippen LogP contribution in [0.25, 0.3) is 0 Å². The quantitative estimate of drug-likeness (QED) is 0.795. The third-order valence-electron chi connectivity index (χ3n) is 3.11. The number of carboxylic acids is 1. The molecule has 3 N–H and O–H groups in total. The van der Waals surface area contributed by atoms with E-state index in [0.717, 1.165) is 25.9 Å². The smallest absolute Gasteiger partial charge is 0.339 e. The van der Waals surface area contributed by atoms with Gasteiger partial charge in [0.25, 0.3) is 0 Å². The molecule has 0 unspecified atom stereocenters. The van der Waals surface area contributed by atoms with Crippen molar-refractivity contribution in [2.45, 2.75) is 19.8 Å². The summed E-state index contributed by atoms with van der Waals surface area (Å²) in [5, 5.41) is 16.8. The van der Waals surface area contributed by atoms with Gasteiger partial charge in [0.1, 0.15) is 11.4 Å². The van der Waals surface area contributed by atoms with Gasteiger partial charge in [0.15, 0.2) is 5.82 Å². The maximum atomic E-state index is 11.1. The van der Waals surface area contributed by atoms with Gasteiger partial charge in [-0.05, 0) is 18.8 Å². The fraction of sp³-hybridized carbons (Fsp3) is 0.545. The van der Waals surface area contributed by atoms with Crippen LogP contribution in [0.1, 0.15) is 30.1 Å². The monoisotopic (exact) mass is 236 g/mol. The molecule has 2 heterocycles. The summed E-state index contributed by atoms with van der Waals surface area (Å²) in [5.74, 6) is 0.233. The number of nitrogens with zero attached hydrogens (tertiary/aromatic N) is 3. The predicted octanol–water partition coefficient (Wildman–Crippen LogP) is 0.993. The Morgan fingerprint density at radius 1 is 1.47 bits per heavy atom. The van der Waals surface area contributed by atoms with Crippen LogP contribution in [0.4, 0.5) is 11.6 Å². The first-order valence-electron chi connectivity index (χ1n) is 5.69. The van der Waals surface area contributed by atoms with E-state index in [-0.39, 0.29) is 11.4 Å². The molecule has 0 atom stereocenters. The molecule has 0 amide bonds. The first-order chi connectivity index (χ1) is 8.08. The van der Waals surface area contributed by atoms with Crippen LogP contribution in [0, 0.1) is 5.92 Å². The predicted molar refractivity (Wildman–Crippen MR) is 64.0 cm³/mol. The summed E-state index contributed by atoms with van der Waals surface area (Å²) in [6.07, 6.45) is 2.09. The summed E-state index contributed by atoms with van der Waals surface area (Å²) in [4.78, 5) is 13.1. The number of rotatable bonds is 2. The Hall–Kier alpha value is -1.85. The molecular formula is C11H16N4O2. The first-order valence-corrected chi connectivity index (χ1v) is 5.69. The van der Waals surface area contributed by atoms with Crippen molar-refractivity contribution in [3.63, 3.8) is 0 Å². The van der Waals surface area contributed by atoms with Crippen LogP contribution in [0.3, 0.4) is 0 Å². The average molecular weight is 236 g/mol. The highest BCUT2D eigenvalue weighted by Crippen LogP contribution is 2.24. The molecule has 1 fully saturated rings. The number of carbonyl (C=O) groups is 1. The second-order valence-electron chi connectivity index (χ2n) is 4.48. The molecule has 1 saturated heterocycles. The molecule has 92 valence electrons. The standard InChI is InChI=1S/C11H16N4O2/c1-7-2-4-15(5-3-7)10-8(11(16)17)6-9(12)13-14-10/h6-7H,2-5H2,1H3,(H2,12,13)(H,16,17). The van der Waals surface area contributed by atoms with Crippen molar-refractivity contribution in [2.75, 3.05) is 23.7 Å². The van der Waals surface area contributed by atoms with Gasteiger partial charge in [0.2, 0.25) is 0 Å². The molecule has 1 aliphatic heterocycles. The van der Waals surface area contributed by atoms with E-state index < -0.39 is 5.97 Å². The van der Waals surface area contributed by atoms with Crippen LogP contribution in [-0.2, 0) is 0 Å². The zero-order chi connectivity index (χ0) is 12.4. The molecule has 2 rings (SSSR count). The van der Waals surface area contributed by atoms with E-state index in [1.54, 1.807) is 0 Å². The lowest BCUT2D eigenvalue weighted by Gasteiger charge is -2.31. The van der Waals surface area contributed by atoms with E-state index in [2.05, 4.69) is 17.1 Å². The zero-order valence-electron chi connectivity index (χ0n) is 9.76. The van der Waals surface area contributed by atoms with E-state index in [4.69, 9.17) is 10.8 Å². The fourth-order valence-electron chi connectivity index (χ4n) is 2.01. The highest BCUT2D eigenvalue weighted by molar-refractivity contribution is 5.93. The molecule has 0 saturated carbocycles. The van der Waals surface area contributed by atoms with Crippen LogP contribution in [0.15, 0.2) is 6.07 Å². The van der Waals surface area contributed by atoms with Gasteiger partial charge in [-0.1, -0.05) is 6.92 Å². The molecule has 0 radical (unpaired) electrons. The number of nitrogen functional groups attached to an aromatic ring is 1. The van der Waals surface area contributed by atoms with Crippen molar-refractivity contribution in [1.82, 2.24) is 10.2 Å². The molecule has 6 heteroatoms. The minimum absolute atomic E-state index is 0.132. The Morgan fingerprint density at radius 2 is 2.12 bits per heavy atom. The summed E-state index contributed by atoms with van der Waals surface area (Å²) >= 11 is 0. The fourth-order valence-corrected chi connectivity index (χ4v) is 2.01. The number of piperidine rings is 1. The topological polar surface area (TPSA) is 92.3 Å². The van der Waals surface area contributed by atoms with Crippen LogP contribution in [0.2, 0.25) is 0 Å². The third-order valence-corrected chi connectivity index (χ3v) is 3.11. The SMILES string of the molecule is CC1CCN(c2nnc(N)cc2C(=O)O)CC1. The molecule has 1 aromatic heterocycles. The van der Waals surface area contributed by atoms with Gasteiger partial charge in [-0.3, -0.25) is 0 Å². The summed E-state index contributed by atoms with van der Waals surface area (Å²) in [7, 11) is 0. The van der Waals surface area contributed by atoms with Gasteiger partial charge in [-0.25, -0.2) is 4.79 Å². The summed E-state index contributed by atoms with van der Waals surface area (Å²) < 4.78 is 0. The molecule has 0 aliphatic carbocycles. The van der Waals surface area contributed by atoms with E-state index in [9.17, 15) is 4.79 Å². The number of aromatic carboxylic acids is 1. The van der Waals surface area contributed by atoms with Crippen LogP contribution in [0.5, 0.6) is 0 Å². The number of carboxylic acid groups (broad SMARTS) is 1. The average Bonchev–Trinajstić information content (AvgIpc) is 2.30. The lowest BCUT2D eigenvalue weighted by Crippen LogP contribution is -2.34. The number of aromatic nitrogens is 2. The Bertz CT molecular complexity index is 427. The molecule has 1 aliphatic rings. The second kappa shape index (κ2) is 4.57. The molecule has 0 bridgehead atoms. The second-order valence-corrected chi connectivity index (χ2v) is 4.48. The highest BCUT2D eigenvalue weighted by atomic mass is 16.4. The Morgan fingerprint density at radius 3 is 2.71 bits per heavy atom. The minimum Gasteiger partial charge on any atom is -0.478 e. The number of hydrogen-bond donors (Lipinski definition) is 2. The van der Waals surface area contributed by atoms with Gasteiger partial charge in [0.05, 0.1) is 0 Å². The molecule has 6 nitrogen and oxygen atoms in total. The van der Waals surface area contributed by atoms with Crippen molar-refractivity contribution in [3.05, 3.63) is 11.6 Å². The highest BCUT2D eigenvalue weighted by Gasteiger charge is 2.22. The van der Waals surface area contributed by atoms with Gasteiger partial charge in [-0.15, -0.1) is 10.2 Å². The van der Waals surface area contributed by atoms with Crippen molar-refractivity contribution in [1.29, 1.82) is 0 Å². The molecule has 17 heavy (non-hydrogen) atoms. The summed E-state index contributed by atoms with van der Waals surface area (Å²) in [6.45, 7) is 3.84.